The highest BCUT2D eigenvalue weighted by Gasteiger charge is 2.23. The van der Waals surface area contributed by atoms with Crippen LogP contribution in [-0.2, 0) is 4.79 Å². The van der Waals surface area contributed by atoms with Crippen LogP contribution in [0.3, 0.4) is 0 Å². The maximum absolute atomic E-state index is 13.5. The van der Waals surface area contributed by atoms with E-state index in [2.05, 4.69) is 5.32 Å². The topological polar surface area (TPSA) is 29.1 Å². The van der Waals surface area contributed by atoms with Crippen LogP contribution in [0.5, 0.6) is 0 Å². The van der Waals surface area contributed by atoms with E-state index in [1.165, 1.54) is 12.8 Å². The van der Waals surface area contributed by atoms with Crippen molar-refractivity contribution in [2.45, 2.75) is 43.1 Å². The van der Waals surface area contributed by atoms with Crippen LogP contribution in [0.15, 0.2) is 12.1 Å². The first-order valence-corrected chi connectivity index (χ1v) is 7.53. The number of halogens is 3. The number of carbonyl (C=O) groups excluding carboxylic acids is 1. The zero-order valence-corrected chi connectivity index (χ0v) is 11.9. The lowest BCUT2D eigenvalue weighted by Gasteiger charge is -2.16. The van der Waals surface area contributed by atoms with Gasteiger partial charge in [-0.25, -0.2) is 13.2 Å². The first-order chi connectivity index (χ1) is 9.49. The van der Waals surface area contributed by atoms with Crippen molar-refractivity contribution in [3.63, 3.8) is 0 Å². The molecule has 0 spiro atoms. The number of carbonyl (C=O) groups is 1. The number of hydrogen-bond acceptors (Lipinski definition) is 2. The van der Waals surface area contributed by atoms with E-state index in [1.807, 2.05) is 0 Å². The van der Waals surface area contributed by atoms with Gasteiger partial charge in [-0.3, -0.25) is 4.79 Å². The highest BCUT2D eigenvalue weighted by atomic mass is 32.2. The van der Waals surface area contributed by atoms with Crippen LogP contribution in [-0.4, -0.2) is 16.4 Å². The molecule has 1 unspecified atom stereocenters. The molecule has 20 heavy (non-hydrogen) atoms. The molecule has 1 saturated carbocycles. The Morgan fingerprint density at radius 3 is 2.55 bits per heavy atom. The lowest BCUT2D eigenvalue weighted by atomic mass is 10.2. The third kappa shape index (κ3) is 3.48. The third-order valence-electron chi connectivity index (χ3n) is 3.36. The molecule has 0 aromatic heterocycles. The van der Waals surface area contributed by atoms with Crippen LogP contribution in [0.25, 0.3) is 0 Å². The summed E-state index contributed by atoms with van der Waals surface area (Å²) in [6, 6.07) is 1.82. The summed E-state index contributed by atoms with van der Waals surface area (Å²) in [6.07, 6.45) is 4.51. The minimum Gasteiger partial charge on any atom is -0.323 e. The number of hydrogen-bond donors (Lipinski definition) is 1. The molecule has 2 rings (SSSR count). The fourth-order valence-electron chi connectivity index (χ4n) is 2.23. The second-order valence-electron chi connectivity index (χ2n) is 4.90. The molecule has 110 valence electrons. The van der Waals surface area contributed by atoms with E-state index < -0.39 is 23.4 Å². The van der Waals surface area contributed by atoms with Gasteiger partial charge in [-0.15, -0.1) is 11.8 Å². The van der Waals surface area contributed by atoms with Crippen LogP contribution in [0.2, 0.25) is 0 Å². The highest BCUT2D eigenvalue weighted by molar-refractivity contribution is 8.01. The zero-order valence-electron chi connectivity index (χ0n) is 11.1. The number of nitrogens with one attached hydrogen (secondary N) is 1. The Labute approximate surface area is 120 Å². The van der Waals surface area contributed by atoms with Crippen molar-refractivity contribution in [3.05, 3.63) is 29.6 Å². The summed E-state index contributed by atoms with van der Waals surface area (Å²) < 4.78 is 39.3. The molecule has 0 radical (unpaired) electrons. The Balaban J connectivity index is 1.98. The monoisotopic (exact) mass is 303 g/mol. The van der Waals surface area contributed by atoms with E-state index in [9.17, 15) is 18.0 Å². The van der Waals surface area contributed by atoms with E-state index in [1.54, 1.807) is 18.7 Å². The molecule has 0 heterocycles. The molecule has 1 amide bonds. The van der Waals surface area contributed by atoms with Gasteiger partial charge in [-0.2, -0.15) is 0 Å². The van der Waals surface area contributed by atoms with Gasteiger partial charge < -0.3 is 5.32 Å². The maximum atomic E-state index is 13.5. The number of anilines is 1. The van der Waals surface area contributed by atoms with E-state index in [0.717, 1.165) is 25.0 Å². The van der Waals surface area contributed by atoms with Crippen LogP contribution in [0.1, 0.15) is 32.6 Å². The fourth-order valence-corrected chi connectivity index (χ4v) is 3.60. The van der Waals surface area contributed by atoms with Crippen molar-refractivity contribution >= 4 is 23.4 Å². The standard InChI is InChI=1S/C14H16F3NOS/c1-8(20-9-4-2-3-5-9)14(19)18-11-7-6-10(15)12(16)13(11)17/h6-9H,2-5H2,1H3,(H,18,19). The summed E-state index contributed by atoms with van der Waals surface area (Å²) in [5.74, 6) is -4.60. The largest absolute Gasteiger partial charge is 0.323 e. The number of rotatable bonds is 4. The Kier molecular flexibility index (Phi) is 4.96. The van der Waals surface area contributed by atoms with Crippen molar-refractivity contribution < 1.29 is 18.0 Å². The van der Waals surface area contributed by atoms with E-state index in [0.29, 0.717) is 5.25 Å². The quantitative estimate of drug-likeness (QED) is 0.848. The minimum atomic E-state index is -1.57. The van der Waals surface area contributed by atoms with Gasteiger partial charge in [0.2, 0.25) is 5.91 Å². The van der Waals surface area contributed by atoms with Crippen LogP contribution < -0.4 is 5.32 Å². The molecule has 0 saturated heterocycles. The second kappa shape index (κ2) is 6.52. The Bertz CT molecular complexity index is 503. The number of thioether (sulfide) groups is 1. The maximum Gasteiger partial charge on any atom is 0.237 e. The summed E-state index contributed by atoms with van der Waals surface area (Å²) in [6.45, 7) is 1.73. The predicted octanol–water partition coefficient (Wildman–Crippen LogP) is 4.11. The van der Waals surface area contributed by atoms with E-state index >= 15 is 0 Å². The molecule has 1 aromatic rings. The van der Waals surface area contributed by atoms with Gasteiger partial charge in [0.15, 0.2) is 17.5 Å². The summed E-state index contributed by atoms with van der Waals surface area (Å²) in [5, 5.41) is 2.40. The van der Waals surface area contributed by atoms with Crippen molar-refractivity contribution in [2.24, 2.45) is 0 Å². The van der Waals surface area contributed by atoms with Crippen molar-refractivity contribution in [1.82, 2.24) is 0 Å². The molecule has 1 atom stereocenters. The molecule has 1 aliphatic rings. The summed E-state index contributed by atoms with van der Waals surface area (Å²) in [5.41, 5.74) is -0.326. The number of benzene rings is 1. The summed E-state index contributed by atoms with van der Waals surface area (Å²) in [7, 11) is 0. The molecule has 1 fully saturated rings. The molecule has 0 bridgehead atoms. The lowest BCUT2D eigenvalue weighted by molar-refractivity contribution is -0.115. The molecule has 1 N–H and O–H groups in total. The molecule has 6 heteroatoms. The summed E-state index contributed by atoms with van der Waals surface area (Å²) in [4.78, 5) is 11.9. The van der Waals surface area contributed by atoms with Gasteiger partial charge in [0.05, 0.1) is 10.9 Å². The Morgan fingerprint density at radius 2 is 1.90 bits per heavy atom. The SMILES string of the molecule is CC(SC1CCCC1)C(=O)Nc1ccc(F)c(F)c1F. The fraction of sp³-hybridized carbons (Fsp3) is 0.500. The molecule has 1 aliphatic carbocycles. The summed E-state index contributed by atoms with van der Waals surface area (Å²) >= 11 is 1.55. The average molecular weight is 303 g/mol. The van der Waals surface area contributed by atoms with E-state index in [4.69, 9.17) is 0 Å². The Morgan fingerprint density at radius 1 is 1.25 bits per heavy atom. The van der Waals surface area contributed by atoms with Crippen molar-refractivity contribution in [2.75, 3.05) is 5.32 Å². The van der Waals surface area contributed by atoms with Crippen molar-refractivity contribution in [3.8, 4) is 0 Å². The predicted molar refractivity (Wildman–Crippen MR) is 74.3 cm³/mol. The molecule has 2 nitrogen and oxygen atoms in total. The lowest BCUT2D eigenvalue weighted by Crippen LogP contribution is -2.25. The molecule has 0 aliphatic heterocycles. The minimum absolute atomic E-state index is 0.326. The van der Waals surface area contributed by atoms with Gasteiger partial charge in [0.25, 0.3) is 0 Å². The van der Waals surface area contributed by atoms with Gasteiger partial charge in [0.1, 0.15) is 0 Å². The first kappa shape index (κ1) is 15.2. The van der Waals surface area contributed by atoms with Gasteiger partial charge >= 0.3 is 0 Å². The third-order valence-corrected chi connectivity index (χ3v) is 4.84. The number of amides is 1. The van der Waals surface area contributed by atoms with Crippen LogP contribution >= 0.6 is 11.8 Å². The van der Waals surface area contributed by atoms with E-state index in [-0.39, 0.29) is 10.9 Å². The van der Waals surface area contributed by atoms with Gasteiger partial charge in [-0.05, 0) is 31.9 Å². The van der Waals surface area contributed by atoms with Crippen LogP contribution in [0, 0.1) is 17.5 Å². The zero-order chi connectivity index (χ0) is 14.7. The van der Waals surface area contributed by atoms with Crippen molar-refractivity contribution in [1.29, 1.82) is 0 Å². The molecule has 1 aromatic carbocycles. The highest BCUT2D eigenvalue weighted by Crippen LogP contribution is 2.32. The smallest absolute Gasteiger partial charge is 0.237 e. The second-order valence-corrected chi connectivity index (χ2v) is 6.54. The average Bonchev–Trinajstić information content (AvgIpc) is 2.92. The normalized spacial score (nSPS) is 17.2. The molecular weight excluding hydrogens is 287 g/mol. The molecular formula is C14H16F3NOS. The van der Waals surface area contributed by atoms with Gasteiger partial charge in [-0.1, -0.05) is 12.8 Å². The Hall–Kier alpha value is -1.17. The van der Waals surface area contributed by atoms with Crippen LogP contribution in [0.4, 0.5) is 18.9 Å². The first-order valence-electron chi connectivity index (χ1n) is 6.59. The van der Waals surface area contributed by atoms with Gasteiger partial charge in [0, 0.05) is 5.25 Å².